The zero-order valence-electron chi connectivity index (χ0n) is 15.6. The monoisotopic (exact) mass is 376 g/mol. The van der Waals surface area contributed by atoms with Gasteiger partial charge in [0.15, 0.2) is 11.0 Å². The number of hydrogen-bond donors (Lipinski definition) is 1. The van der Waals surface area contributed by atoms with Crippen LogP contribution in [-0.4, -0.2) is 34.6 Å². The molecule has 1 aromatic carbocycles. The molecule has 2 heterocycles. The molecule has 0 amide bonds. The van der Waals surface area contributed by atoms with Gasteiger partial charge in [-0.05, 0) is 37.0 Å². The van der Waals surface area contributed by atoms with Crippen molar-refractivity contribution in [3.05, 3.63) is 35.7 Å². The molecule has 142 valence electrons. The molecule has 1 aromatic heterocycles. The van der Waals surface area contributed by atoms with Gasteiger partial charge < -0.3 is 19.8 Å². The summed E-state index contributed by atoms with van der Waals surface area (Å²) in [4.78, 5) is 0. The summed E-state index contributed by atoms with van der Waals surface area (Å²) in [6, 6.07) is 8.03. The third kappa shape index (κ3) is 4.78. The molecule has 0 spiro atoms. The van der Waals surface area contributed by atoms with Crippen LogP contribution in [0.5, 0.6) is 5.75 Å². The van der Waals surface area contributed by atoms with Crippen LogP contribution in [0.4, 0.5) is 0 Å². The van der Waals surface area contributed by atoms with E-state index in [0.717, 1.165) is 61.3 Å². The zero-order valence-corrected chi connectivity index (χ0v) is 16.4. The van der Waals surface area contributed by atoms with Crippen molar-refractivity contribution >= 4 is 11.8 Å². The third-order valence-corrected chi connectivity index (χ3v) is 5.63. The first kappa shape index (κ1) is 19.2. The smallest absolute Gasteiger partial charge is 0.191 e. The molecule has 0 radical (unpaired) electrons. The Morgan fingerprint density at radius 3 is 3.04 bits per heavy atom. The van der Waals surface area contributed by atoms with Crippen LogP contribution >= 0.6 is 11.8 Å². The van der Waals surface area contributed by atoms with Gasteiger partial charge >= 0.3 is 0 Å². The lowest BCUT2D eigenvalue weighted by Gasteiger charge is -2.17. The van der Waals surface area contributed by atoms with Crippen molar-refractivity contribution in [3.63, 3.8) is 0 Å². The summed E-state index contributed by atoms with van der Waals surface area (Å²) in [5.74, 6) is 2.55. The SMILES string of the molecule is CCCC(N)c1nnc(SCc2cccc(OC)c2)n1CC1CCCO1. The molecular formula is C19H28N4O2S. The van der Waals surface area contributed by atoms with E-state index in [2.05, 4.69) is 33.8 Å². The minimum Gasteiger partial charge on any atom is -0.497 e. The van der Waals surface area contributed by atoms with E-state index in [1.54, 1.807) is 18.9 Å². The van der Waals surface area contributed by atoms with Crippen molar-refractivity contribution in [2.75, 3.05) is 13.7 Å². The number of aromatic nitrogens is 3. The van der Waals surface area contributed by atoms with E-state index in [0.29, 0.717) is 0 Å². The van der Waals surface area contributed by atoms with Gasteiger partial charge in [-0.3, -0.25) is 0 Å². The van der Waals surface area contributed by atoms with Crippen LogP contribution in [0.3, 0.4) is 0 Å². The standard InChI is InChI=1S/C19H28N4O2S/c1-3-6-17(20)18-21-22-19(23(18)12-16-9-5-10-25-16)26-13-14-7-4-8-15(11-14)24-2/h4,7-8,11,16-17H,3,5-6,9-10,12-13,20H2,1-2H3. The first-order chi connectivity index (χ1) is 12.7. The fourth-order valence-electron chi connectivity index (χ4n) is 3.19. The Morgan fingerprint density at radius 2 is 2.31 bits per heavy atom. The van der Waals surface area contributed by atoms with E-state index < -0.39 is 0 Å². The highest BCUT2D eigenvalue weighted by atomic mass is 32.2. The number of hydrogen-bond acceptors (Lipinski definition) is 6. The lowest BCUT2D eigenvalue weighted by atomic mass is 10.1. The van der Waals surface area contributed by atoms with Gasteiger partial charge in [-0.2, -0.15) is 0 Å². The van der Waals surface area contributed by atoms with Crippen molar-refractivity contribution in [1.29, 1.82) is 0 Å². The normalized spacial score (nSPS) is 18.2. The summed E-state index contributed by atoms with van der Waals surface area (Å²) in [7, 11) is 1.69. The summed E-state index contributed by atoms with van der Waals surface area (Å²) >= 11 is 1.68. The van der Waals surface area contributed by atoms with E-state index in [-0.39, 0.29) is 12.1 Å². The Bertz CT molecular complexity index is 701. The molecule has 2 atom stereocenters. The number of nitrogens with two attached hydrogens (primary N) is 1. The van der Waals surface area contributed by atoms with Crippen LogP contribution in [0.2, 0.25) is 0 Å². The Balaban J connectivity index is 1.76. The molecular weight excluding hydrogens is 348 g/mol. The number of methoxy groups -OCH3 is 1. The van der Waals surface area contributed by atoms with Crippen LogP contribution in [0.1, 0.15) is 50.0 Å². The first-order valence-electron chi connectivity index (χ1n) is 9.27. The zero-order chi connectivity index (χ0) is 18.4. The number of nitrogens with zero attached hydrogens (tertiary/aromatic N) is 3. The third-order valence-electron chi connectivity index (χ3n) is 4.59. The highest BCUT2D eigenvalue weighted by Crippen LogP contribution is 2.27. The maximum absolute atomic E-state index is 6.35. The lowest BCUT2D eigenvalue weighted by molar-refractivity contribution is 0.0938. The van der Waals surface area contributed by atoms with Crippen LogP contribution in [0.25, 0.3) is 0 Å². The van der Waals surface area contributed by atoms with Gasteiger partial charge in [0.05, 0.1) is 25.8 Å². The molecule has 0 aliphatic carbocycles. The van der Waals surface area contributed by atoms with Crippen LogP contribution in [0, 0.1) is 0 Å². The topological polar surface area (TPSA) is 75.2 Å². The van der Waals surface area contributed by atoms with Crippen molar-refractivity contribution in [2.24, 2.45) is 5.73 Å². The summed E-state index contributed by atoms with van der Waals surface area (Å²) < 4.78 is 13.3. The van der Waals surface area contributed by atoms with E-state index in [1.165, 1.54) is 5.56 Å². The highest BCUT2D eigenvalue weighted by Gasteiger charge is 2.23. The molecule has 1 saturated heterocycles. The van der Waals surface area contributed by atoms with Gasteiger partial charge in [0.1, 0.15) is 5.75 Å². The average molecular weight is 377 g/mol. The van der Waals surface area contributed by atoms with Gasteiger partial charge in [-0.15, -0.1) is 10.2 Å². The Morgan fingerprint density at radius 1 is 1.42 bits per heavy atom. The summed E-state index contributed by atoms with van der Waals surface area (Å²) in [5.41, 5.74) is 7.54. The van der Waals surface area contributed by atoms with Crippen molar-refractivity contribution in [1.82, 2.24) is 14.8 Å². The molecule has 0 bridgehead atoms. The van der Waals surface area contributed by atoms with Crippen molar-refractivity contribution < 1.29 is 9.47 Å². The fraction of sp³-hybridized carbons (Fsp3) is 0.579. The largest absolute Gasteiger partial charge is 0.497 e. The molecule has 6 nitrogen and oxygen atoms in total. The van der Waals surface area contributed by atoms with Crippen molar-refractivity contribution in [3.8, 4) is 5.75 Å². The summed E-state index contributed by atoms with van der Waals surface area (Å²) in [6.07, 6.45) is 4.37. The molecule has 1 fully saturated rings. The molecule has 7 heteroatoms. The Hall–Kier alpha value is -1.57. The maximum Gasteiger partial charge on any atom is 0.191 e. The quantitative estimate of drug-likeness (QED) is 0.675. The van der Waals surface area contributed by atoms with E-state index >= 15 is 0 Å². The minimum atomic E-state index is -0.0833. The van der Waals surface area contributed by atoms with E-state index in [4.69, 9.17) is 15.2 Å². The van der Waals surface area contributed by atoms with Gasteiger partial charge in [-0.1, -0.05) is 37.2 Å². The predicted molar refractivity (Wildman–Crippen MR) is 103 cm³/mol. The second-order valence-corrected chi connectivity index (χ2v) is 7.56. The van der Waals surface area contributed by atoms with Gasteiger partial charge in [0.25, 0.3) is 0 Å². The molecule has 0 saturated carbocycles. The maximum atomic E-state index is 6.35. The molecule has 2 unspecified atom stereocenters. The second-order valence-electron chi connectivity index (χ2n) is 6.62. The lowest BCUT2D eigenvalue weighted by Crippen LogP contribution is -2.22. The van der Waals surface area contributed by atoms with E-state index in [1.807, 2.05) is 12.1 Å². The fourth-order valence-corrected chi connectivity index (χ4v) is 4.09. The predicted octanol–water partition coefficient (Wildman–Crippen LogP) is 3.56. The van der Waals surface area contributed by atoms with Gasteiger partial charge in [0, 0.05) is 12.4 Å². The Kier molecular flexibility index (Phi) is 6.93. The first-order valence-corrected chi connectivity index (χ1v) is 10.3. The molecule has 2 aromatic rings. The molecule has 3 rings (SSSR count). The van der Waals surface area contributed by atoms with E-state index in [9.17, 15) is 0 Å². The minimum absolute atomic E-state index is 0.0833. The van der Waals surface area contributed by atoms with Crippen LogP contribution in [0.15, 0.2) is 29.4 Å². The molecule has 1 aliphatic heterocycles. The molecule has 26 heavy (non-hydrogen) atoms. The number of benzene rings is 1. The van der Waals surface area contributed by atoms with Gasteiger partial charge in [-0.25, -0.2) is 0 Å². The Labute approximate surface area is 159 Å². The van der Waals surface area contributed by atoms with Gasteiger partial charge in [0.2, 0.25) is 0 Å². The number of ether oxygens (including phenoxy) is 2. The molecule has 1 aliphatic rings. The average Bonchev–Trinajstić information content (AvgIpc) is 3.31. The summed E-state index contributed by atoms with van der Waals surface area (Å²) in [6.45, 7) is 3.76. The highest BCUT2D eigenvalue weighted by molar-refractivity contribution is 7.98. The van der Waals surface area contributed by atoms with Crippen molar-refractivity contribution in [2.45, 2.75) is 62.2 Å². The van der Waals surface area contributed by atoms with Crippen LogP contribution in [-0.2, 0) is 17.0 Å². The number of thioether (sulfide) groups is 1. The second kappa shape index (κ2) is 9.39. The summed E-state index contributed by atoms with van der Waals surface area (Å²) in [5, 5.41) is 9.75. The van der Waals surface area contributed by atoms with Crippen LogP contribution < -0.4 is 10.5 Å². The molecule has 2 N–H and O–H groups in total. The number of rotatable bonds is 9.